The van der Waals surface area contributed by atoms with Crippen molar-refractivity contribution in [2.75, 3.05) is 30.8 Å². The Morgan fingerprint density at radius 1 is 1.40 bits per heavy atom. The highest BCUT2D eigenvalue weighted by Gasteiger charge is 2.29. The second-order valence-corrected chi connectivity index (χ2v) is 5.88. The van der Waals surface area contributed by atoms with Crippen LogP contribution in [-0.4, -0.2) is 26.2 Å². The van der Waals surface area contributed by atoms with Crippen molar-refractivity contribution in [3.05, 3.63) is 23.8 Å². The Morgan fingerprint density at radius 3 is 2.60 bits per heavy atom. The number of piperidine rings is 1. The summed E-state index contributed by atoms with van der Waals surface area (Å²) in [5.41, 5.74) is 8.51. The number of hydrogen-bond acceptors (Lipinski definition) is 4. The van der Waals surface area contributed by atoms with Crippen molar-refractivity contribution < 1.29 is 9.53 Å². The summed E-state index contributed by atoms with van der Waals surface area (Å²) < 4.78 is 4.77. The SMILES string of the molecule is CCC1(C)CCN(c2cccc(C(=O)OC)c2N)CC1. The zero-order chi connectivity index (χ0) is 14.8. The molecule has 0 aromatic heterocycles. The zero-order valence-corrected chi connectivity index (χ0v) is 12.6. The minimum atomic E-state index is -0.375. The van der Waals surface area contributed by atoms with Crippen LogP contribution in [0.4, 0.5) is 11.4 Å². The first-order valence-electron chi connectivity index (χ1n) is 7.22. The Labute approximate surface area is 120 Å². The van der Waals surface area contributed by atoms with Crippen LogP contribution in [0.15, 0.2) is 18.2 Å². The topological polar surface area (TPSA) is 55.6 Å². The molecule has 0 radical (unpaired) electrons. The van der Waals surface area contributed by atoms with Gasteiger partial charge < -0.3 is 15.4 Å². The maximum absolute atomic E-state index is 11.7. The first-order valence-corrected chi connectivity index (χ1v) is 7.22. The molecule has 1 saturated heterocycles. The number of hydrogen-bond donors (Lipinski definition) is 1. The second-order valence-electron chi connectivity index (χ2n) is 5.88. The molecule has 1 aromatic carbocycles. The maximum atomic E-state index is 11.7. The van der Waals surface area contributed by atoms with Crippen LogP contribution in [0.5, 0.6) is 0 Å². The molecule has 0 spiro atoms. The average Bonchev–Trinajstić information content (AvgIpc) is 2.48. The minimum absolute atomic E-state index is 0.375. The summed E-state index contributed by atoms with van der Waals surface area (Å²) in [6.07, 6.45) is 3.52. The molecule has 1 aliphatic heterocycles. The summed E-state index contributed by atoms with van der Waals surface area (Å²) in [5.74, 6) is -0.375. The second kappa shape index (κ2) is 5.73. The van der Waals surface area contributed by atoms with Crippen LogP contribution in [0.2, 0.25) is 0 Å². The van der Waals surface area contributed by atoms with Crippen molar-refractivity contribution >= 4 is 17.3 Å². The van der Waals surface area contributed by atoms with Crippen LogP contribution in [0.3, 0.4) is 0 Å². The van der Waals surface area contributed by atoms with Gasteiger partial charge in [0.1, 0.15) is 0 Å². The highest BCUT2D eigenvalue weighted by atomic mass is 16.5. The highest BCUT2D eigenvalue weighted by molar-refractivity contribution is 5.98. The number of anilines is 2. The Hall–Kier alpha value is -1.71. The van der Waals surface area contributed by atoms with Crippen molar-refractivity contribution in [1.82, 2.24) is 0 Å². The van der Waals surface area contributed by atoms with Crippen LogP contribution in [0.25, 0.3) is 0 Å². The molecule has 4 heteroatoms. The summed E-state index contributed by atoms with van der Waals surface area (Å²) in [6.45, 7) is 6.57. The molecule has 4 nitrogen and oxygen atoms in total. The van der Waals surface area contributed by atoms with E-state index in [2.05, 4.69) is 18.7 Å². The van der Waals surface area contributed by atoms with E-state index in [1.807, 2.05) is 12.1 Å². The van der Waals surface area contributed by atoms with Gasteiger partial charge in [0.15, 0.2) is 0 Å². The molecule has 0 aliphatic carbocycles. The lowest BCUT2D eigenvalue weighted by Gasteiger charge is -2.40. The molecule has 1 aliphatic rings. The molecule has 0 atom stereocenters. The van der Waals surface area contributed by atoms with E-state index in [0.717, 1.165) is 31.6 Å². The standard InChI is InChI=1S/C16H24N2O2/c1-4-16(2)8-10-18(11-9-16)13-7-5-6-12(14(13)17)15(19)20-3/h5-7H,4,8-11,17H2,1-3H3. The molecule has 1 fully saturated rings. The number of nitrogens with two attached hydrogens (primary N) is 1. The van der Waals surface area contributed by atoms with E-state index in [-0.39, 0.29) is 5.97 Å². The summed E-state index contributed by atoms with van der Waals surface area (Å²) in [5, 5.41) is 0. The van der Waals surface area contributed by atoms with E-state index >= 15 is 0 Å². The molecule has 0 unspecified atom stereocenters. The van der Waals surface area contributed by atoms with Crippen molar-refractivity contribution in [2.24, 2.45) is 5.41 Å². The number of nitrogen functional groups attached to an aromatic ring is 1. The fraction of sp³-hybridized carbons (Fsp3) is 0.562. The van der Waals surface area contributed by atoms with E-state index in [9.17, 15) is 4.79 Å². The number of carbonyl (C=O) groups is 1. The van der Waals surface area contributed by atoms with Gasteiger partial charge in [-0.3, -0.25) is 0 Å². The number of nitrogens with zero attached hydrogens (tertiary/aromatic N) is 1. The van der Waals surface area contributed by atoms with Gasteiger partial charge in [0.25, 0.3) is 0 Å². The van der Waals surface area contributed by atoms with Crippen molar-refractivity contribution in [2.45, 2.75) is 33.1 Å². The lowest BCUT2D eigenvalue weighted by Crippen LogP contribution is -2.38. The normalized spacial score (nSPS) is 17.9. The molecular weight excluding hydrogens is 252 g/mol. The minimum Gasteiger partial charge on any atom is -0.465 e. The van der Waals surface area contributed by atoms with Gasteiger partial charge in [-0.25, -0.2) is 4.79 Å². The highest BCUT2D eigenvalue weighted by Crippen LogP contribution is 2.37. The van der Waals surface area contributed by atoms with Crippen molar-refractivity contribution in [1.29, 1.82) is 0 Å². The van der Waals surface area contributed by atoms with E-state index in [0.29, 0.717) is 16.7 Å². The van der Waals surface area contributed by atoms with Gasteiger partial charge in [0.2, 0.25) is 0 Å². The predicted octanol–water partition coefficient (Wildman–Crippen LogP) is 3.07. The Bertz CT molecular complexity index is 491. The van der Waals surface area contributed by atoms with Crippen LogP contribution in [-0.2, 0) is 4.74 Å². The Kier molecular flexibility index (Phi) is 4.21. The van der Waals surface area contributed by atoms with Gasteiger partial charge in [0, 0.05) is 13.1 Å². The molecule has 2 rings (SSSR count). The third kappa shape index (κ3) is 2.74. The summed E-state index contributed by atoms with van der Waals surface area (Å²) in [6, 6.07) is 5.56. The number of carbonyl (C=O) groups excluding carboxylic acids is 1. The third-order valence-corrected chi connectivity index (χ3v) is 4.65. The van der Waals surface area contributed by atoms with Gasteiger partial charge in [-0.15, -0.1) is 0 Å². The molecule has 1 aromatic rings. The van der Waals surface area contributed by atoms with Crippen LogP contribution >= 0.6 is 0 Å². The molecule has 1 heterocycles. The van der Waals surface area contributed by atoms with Gasteiger partial charge in [0.05, 0.1) is 24.0 Å². The number of esters is 1. The summed E-state index contributed by atoms with van der Waals surface area (Å²) in [4.78, 5) is 14.0. The number of benzene rings is 1. The first-order chi connectivity index (χ1) is 9.50. The van der Waals surface area contributed by atoms with E-state index in [1.165, 1.54) is 13.5 Å². The smallest absolute Gasteiger partial charge is 0.340 e. The van der Waals surface area contributed by atoms with Crippen LogP contribution in [0.1, 0.15) is 43.5 Å². The van der Waals surface area contributed by atoms with Gasteiger partial charge in [-0.2, -0.15) is 0 Å². The van der Waals surface area contributed by atoms with E-state index in [1.54, 1.807) is 6.07 Å². The molecule has 0 saturated carbocycles. The molecule has 20 heavy (non-hydrogen) atoms. The van der Waals surface area contributed by atoms with E-state index in [4.69, 9.17) is 10.5 Å². The zero-order valence-electron chi connectivity index (χ0n) is 12.6. The van der Waals surface area contributed by atoms with Gasteiger partial charge >= 0.3 is 5.97 Å². The largest absolute Gasteiger partial charge is 0.465 e. The third-order valence-electron chi connectivity index (χ3n) is 4.65. The maximum Gasteiger partial charge on any atom is 0.340 e. The van der Waals surface area contributed by atoms with E-state index < -0.39 is 0 Å². The summed E-state index contributed by atoms with van der Waals surface area (Å²) in [7, 11) is 1.38. The number of methoxy groups -OCH3 is 1. The lowest BCUT2D eigenvalue weighted by atomic mass is 9.78. The molecule has 2 N–H and O–H groups in total. The molecule has 0 amide bonds. The quantitative estimate of drug-likeness (QED) is 0.681. The van der Waals surface area contributed by atoms with Crippen molar-refractivity contribution in [3.8, 4) is 0 Å². The van der Waals surface area contributed by atoms with Gasteiger partial charge in [-0.05, 0) is 30.4 Å². The predicted molar refractivity (Wildman–Crippen MR) is 82.0 cm³/mol. The number of para-hydroxylation sites is 1. The number of rotatable bonds is 3. The fourth-order valence-electron chi connectivity index (χ4n) is 2.76. The van der Waals surface area contributed by atoms with Crippen LogP contribution < -0.4 is 10.6 Å². The monoisotopic (exact) mass is 276 g/mol. The fourth-order valence-corrected chi connectivity index (χ4v) is 2.76. The number of ether oxygens (including phenoxy) is 1. The average molecular weight is 276 g/mol. The molecule has 110 valence electrons. The van der Waals surface area contributed by atoms with Crippen molar-refractivity contribution in [3.63, 3.8) is 0 Å². The Morgan fingerprint density at radius 2 is 2.05 bits per heavy atom. The first kappa shape index (κ1) is 14.7. The summed E-state index contributed by atoms with van der Waals surface area (Å²) >= 11 is 0. The Balaban J connectivity index is 2.21. The molecular formula is C16H24N2O2. The van der Waals surface area contributed by atoms with Gasteiger partial charge in [-0.1, -0.05) is 26.3 Å². The lowest BCUT2D eigenvalue weighted by molar-refractivity contribution is 0.0602. The van der Waals surface area contributed by atoms with Crippen LogP contribution in [0, 0.1) is 5.41 Å². The molecule has 0 bridgehead atoms.